The van der Waals surface area contributed by atoms with E-state index in [-0.39, 0.29) is 11.7 Å². The lowest BCUT2D eigenvalue weighted by Gasteiger charge is -2.04. The Morgan fingerprint density at radius 1 is 1.50 bits per heavy atom. The van der Waals surface area contributed by atoms with Gasteiger partial charge in [-0.05, 0) is 12.1 Å². The van der Waals surface area contributed by atoms with Gasteiger partial charge in [0, 0.05) is 22.7 Å². The van der Waals surface area contributed by atoms with Crippen LogP contribution >= 0.6 is 11.6 Å². The molecule has 1 aromatic heterocycles. The fraction of sp³-hybridized carbons (Fsp3) is 0.200. The highest BCUT2D eigenvalue weighted by Crippen LogP contribution is 2.26. The van der Waals surface area contributed by atoms with Crippen molar-refractivity contribution in [2.24, 2.45) is 0 Å². The molecule has 2 nitrogen and oxygen atoms in total. The first-order valence-electron chi connectivity index (χ1n) is 4.23. The minimum absolute atomic E-state index is 0.0568. The molecule has 14 heavy (non-hydrogen) atoms. The highest BCUT2D eigenvalue weighted by Gasteiger charge is 2.14. The lowest BCUT2D eigenvalue weighted by Crippen LogP contribution is -1.97. The van der Waals surface area contributed by atoms with E-state index in [4.69, 9.17) is 11.6 Å². The third-order valence-electron chi connectivity index (χ3n) is 2.19. The van der Waals surface area contributed by atoms with E-state index >= 15 is 0 Å². The topological polar surface area (TPSA) is 36.0 Å². The van der Waals surface area contributed by atoms with Crippen LogP contribution in [0.25, 0.3) is 10.9 Å². The maximum atomic E-state index is 13.4. The van der Waals surface area contributed by atoms with Crippen LogP contribution in [-0.2, 0) is 0 Å². The summed E-state index contributed by atoms with van der Waals surface area (Å²) in [4.78, 5) is 2.89. The number of fused-ring (bicyclic) bond motifs is 1. The summed E-state index contributed by atoms with van der Waals surface area (Å²) in [5, 5.41) is 9.94. The third-order valence-corrected chi connectivity index (χ3v) is 2.48. The molecule has 0 aliphatic heterocycles. The first kappa shape index (κ1) is 9.49. The monoisotopic (exact) mass is 213 g/mol. The molecule has 2 aromatic rings. The summed E-state index contributed by atoms with van der Waals surface area (Å²) in [5.41, 5.74) is 1.18. The number of H-pyrrole nitrogens is 1. The predicted octanol–water partition coefficient (Wildman–Crippen LogP) is 2.58. The van der Waals surface area contributed by atoms with Crippen molar-refractivity contribution in [2.75, 3.05) is 5.88 Å². The van der Waals surface area contributed by atoms with Gasteiger partial charge in [0.1, 0.15) is 5.82 Å². The average molecular weight is 214 g/mol. The van der Waals surface area contributed by atoms with Gasteiger partial charge in [0.25, 0.3) is 0 Å². The minimum Gasteiger partial charge on any atom is -0.387 e. The van der Waals surface area contributed by atoms with Crippen LogP contribution in [-0.4, -0.2) is 16.0 Å². The Morgan fingerprint density at radius 2 is 2.29 bits per heavy atom. The molecule has 0 fully saturated rings. The lowest BCUT2D eigenvalue weighted by molar-refractivity contribution is 0.204. The fourth-order valence-electron chi connectivity index (χ4n) is 1.51. The molecule has 0 aliphatic carbocycles. The highest BCUT2D eigenvalue weighted by atomic mass is 35.5. The maximum absolute atomic E-state index is 13.4. The number of alkyl halides is 1. The molecule has 0 saturated carbocycles. The quantitative estimate of drug-likeness (QED) is 0.739. The molecule has 0 saturated heterocycles. The fourth-order valence-corrected chi connectivity index (χ4v) is 1.68. The smallest absolute Gasteiger partial charge is 0.132 e. The van der Waals surface area contributed by atoms with Crippen molar-refractivity contribution in [3.05, 3.63) is 35.8 Å². The molecule has 2 rings (SSSR count). The van der Waals surface area contributed by atoms with Crippen LogP contribution in [0.15, 0.2) is 24.4 Å². The van der Waals surface area contributed by atoms with Gasteiger partial charge in [0.2, 0.25) is 0 Å². The molecule has 1 unspecified atom stereocenters. The first-order valence-corrected chi connectivity index (χ1v) is 4.77. The van der Waals surface area contributed by atoms with Crippen LogP contribution in [0.4, 0.5) is 4.39 Å². The van der Waals surface area contributed by atoms with Gasteiger partial charge in [-0.2, -0.15) is 0 Å². The second-order valence-electron chi connectivity index (χ2n) is 3.08. The van der Waals surface area contributed by atoms with Gasteiger partial charge in [-0.25, -0.2) is 4.39 Å². The van der Waals surface area contributed by atoms with Crippen LogP contribution in [0.1, 0.15) is 11.7 Å². The second-order valence-corrected chi connectivity index (χ2v) is 3.39. The van der Waals surface area contributed by atoms with E-state index in [0.717, 1.165) is 0 Å². The second kappa shape index (κ2) is 3.59. The summed E-state index contributed by atoms with van der Waals surface area (Å²) in [6, 6.07) is 4.73. The first-order chi connectivity index (χ1) is 6.74. The molecular formula is C10H9ClFNO. The Labute approximate surface area is 85.3 Å². The summed E-state index contributed by atoms with van der Waals surface area (Å²) in [5.74, 6) is -0.288. The maximum Gasteiger partial charge on any atom is 0.132 e. The zero-order chi connectivity index (χ0) is 10.1. The van der Waals surface area contributed by atoms with Gasteiger partial charge in [0.05, 0.1) is 12.0 Å². The SMILES string of the molecule is OC(CCl)c1c[nH]c2cccc(F)c12. The normalized spacial score (nSPS) is 13.4. The van der Waals surface area contributed by atoms with Crippen LogP contribution in [0.2, 0.25) is 0 Å². The number of hydrogen-bond acceptors (Lipinski definition) is 1. The molecule has 0 amide bonds. The van der Waals surface area contributed by atoms with Gasteiger partial charge in [-0.15, -0.1) is 11.6 Å². The number of aliphatic hydroxyl groups is 1. The van der Waals surface area contributed by atoms with Crippen molar-refractivity contribution in [1.82, 2.24) is 4.98 Å². The van der Waals surface area contributed by atoms with Crippen molar-refractivity contribution in [3.8, 4) is 0 Å². The van der Waals surface area contributed by atoms with Crippen LogP contribution in [0.5, 0.6) is 0 Å². The van der Waals surface area contributed by atoms with E-state index in [1.165, 1.54) is 6.07 Å². The molecule has 1 atom stereocenters. The Bertz CT molecular complexity index is 454. The Balaban J connectivity index is 2.67. The molecule has 0 bridgehead atoms. The van der Waals surface area contributed by atoms with Gasteiger partial charge in [0.15, 0.2) is 0 Å². The molecule has 1 aromatic carbocycles. The Hall–Kier alpha value is -1.06. The molecule has 74 valence electrons. The van der Waals surface area contributed by atoms with Crippen LogP contribution in [0.3, 0.4) is 0 Å². The van der Waals surface area contributed by atoms with E-state index in [2.05, 4.69) is 4.98 Å². The Morgan fingerprint density at radius 3 is 3.00 bits per heavy atom. The molecule has 1 heterocycles. The van der Waals surface area contributed by atoms with E-state index in [9.17, 15) is 9.50 Å². The number of halogens is 2. The molecule has 0 radical (unpaired) electrons. The number of aromatic nitrogens is 1. The zero-order valence-electron chi connectivity index (χ0n) is 7.30. The highest BCUT2D eigenvalue weighted by molar-refractivity contribution is 6.18. The minimum atomic E-state index is -0.831. The van der Waals surface area contributed by atoms with Gasteiger partial charge < -0.3 is 10.1 Å². The van der Waals surface area contributed by atoms with Crippen molar-refractivity contribution in [3.63, 3.8) is 0 Å². The molecule has 4 heteroatoms. The number of aromatic amines is 1. The van der Waals surface area contributed by atoms with E-state index in [1.807, 2.05) is 0 Å². The van der Waals surface area contributed by atoms with Crippen LogP contribution in [0, 0.1) is 5.82 Å². The molecule has 0 aliphatic rings. The van der Waals surface area contributed by atoms with E-state index in [1.54, 1.807) is 18.3 Å². The van der Waals surface area contributed by atoms with Gasteiger partial charge in [-0.3, -0.25) is 0 Å². The van der Waals surface area contributed by atoms with Gasteiger partial charge in [-0.1, -0.05) is 6.07 Å². The summed E-state index contributed by atoms with van der Waals surface area (Å²) in [6.45, 7) is 0. The van der Waals surface area contributed by atoms with Crippen LogP contribution < -0.4 is 0 Å². The molecule has 2 N–H and O–H groups in total. The number of nitrogens with one attached hydrogen (secondary N) is 1. The van der Waals surface area contributed by atoms with E-state index < -0.39 is 6.10 Å². The number of hydrogen-bond donors (Lipinski definition) is 2. The molecule has 0 spiro atoms. The van der Waals surface area contributed by atoms with Crippen molar-refractivity contribution >= 4 is 22.5 Å². The van der Waals surface area contributed by atoms with Gasteiger partial charge >= 0.3 is 0 Å². The zero-order valence-corrected chi connectivity index (χ0v) is 8.05. The van der Waals surface area contributed by atoms with Crippen molar-refractivity contribution in [1.29, 1.82) is 0 Å². The third kappa shape index (κ3) is 1.38. The Kier molecular flexibility index (Phi) is 2.44. The predicted molar refractivity (Wildman–Crippen MR) is 53.9 cm³/mol. The standard InChI is InChI=1S/C10H9ClFNO/c11-4-9(14)6-5-13-8-3-1-2-7(12)10(6)8/h1-3,5,9,13-14H,4H2. The summed E-state index contributed by atoms with van der Waals surface area (Å²) in [6.07, 6.45) is 0.753. The van der Waals surface area contributed by atoms with Crippen molar-refractivity contribution in [2.45, 2.75) is 6.10 Å². The average Bonchev–Trinajstić information content (AvgIpc) is 2.62. The number of benzene rings is 1. The van der Waals surface area contributed by atoms with E-state index in [0.29, 0.717) is 16.5 Å². The summed E-state index contributed by atoms with van der Waals surface area (Å²) in [7, 11) is 0. The summed E-state index contributed by atoms with van der Waals surface area (Å²) >= 11 is 5.51. The van der Waals surface area contributed by atoms with Crippen molar-refractivity contribution < 1.29 is 9.50 Å². The lowest BCUT2D eigenvalue weighted by atomic mass is 10.1. The number of rotatable bonds is 2. The largest absolute Gasteiger partial charge is 0.387 e. The molecular weight excluding hydrogens is 205 g/mol. The summed E-state index contributed by atoms with van der Waals surface area (Å²) < 4.78 is 13.4. The number of aliphatic hydroxyl groups excluding tert-OH is 1.